The standard InChI is InChI=1S/C15H16N4O3S/c1-2-22-11-6-5-9(8-17-11)13(20)19-15-18-10-4-3-7-16-14(21)12(10)23-15/h5-6,8H,2-4,7H2,1H3,(H,16,21)(H,18,19,20). The molecule has 7 nitrogen and oxygen atoms in total. The minimum atomic E-state index is -0.315. The van der Waals surface area contributed by atoms with Gasteiger partial charge in [-0.2, -0.15) is 0 Å². The molecule has 0 saturated carbocycles. The fourth-order valence-corrected chi connectivity index (χ4v) is 3.13. The number of anilines is 1. The highest BCUT2D eigenvalue weighted by molar-refractivity contribution is 7.17. The zero-order chi connectivity index (χ0) is 16.2. The average Bonchev–Trinajstić information content (AvgIpc) is 2.87. The quantitative estimate of drug-likeness (QED) is 0.891. The molecule has 2 aromatic rings. The molecule has 0 atom stereocenters. The number of amides is 2. The minimum absolute atomic E-state index is 0.127. The number of thiazole rings is 1. The average molecular weight is 332 g/mol. The highest BCUT2D eigenvalue weighted by atomic mass is 32.1. The topological polar surface area (TPSA) is 93.2 Å². The molecule has 0 aromatic carbocycles. The smallest absolute Gasteiger partial charge is 0.263 e. The summed E-state index contributed by atoms with van der Waals surface area (Å²) in [7, 11) is 0. The Balaban J connectivity index is 1.73. The van der Waals surface area contributed by atoms with Gasteiger partial charge in [0.05, 0.1) is 17.9 Å². The molecule has 0 unspecified atom stereocenters. The number of carbonyl (C=O) groups excluding carboxylic acids is 2. The molecule has 1 aliphatic heterocycles. The van der Waals surface area contributed by atoms with E-state index < -0.39 is 0 Å². The summed E-state index contributed by atoms with van der Waals surface area (Å²) >= 11 is 1.19. The van der Waals surface area contributed by atoms with Gasteiger partial charge < -0.3 is 10.1 Å². The zero-order valence-electron chi connectivity index (χ0n) is 12.6. The summed E-state index contributed by atoms with van der Waals surface area (Å²) in [6.45, 7) is 3.04. The lowest BCUT2D eigenvalue weighted by molar-refractivity contribution is 0.0958. The molecule has 3 rings (SSSR count). The number of ether oxygens (including phenoxy) is 1. The van der Waals surface area contributed by atoms with Crippen LogP contribution < -0.4 is 15.4 Å². The summed E-state index contributed by atoms with van der Waals surface area (Å²) in [6.07, 6.45) is 3.02. The lowest BCUT2D eigenvalue weighted by Gasteiger charge is -2.04. The molecular formula is C15H16N4O3S. The zero-order valence-corrected chi connectivity index (χ0v) is 13.4. The fourth-order valence-electron chi connectivity index (χ4n) is 2.21. The van der Waals surface area contributed by atoms with Crippen LogP contribution in [-0.4, -0.2) is 34.9 Å². The van der Waals surface area contributed by atoms with Crippen LogP contribution in [0.2, 0.25) is 0 Å². The SMILES string of the molecule is CCOc1ccc(C(=O)Nc2nc3c(s2)C(=O)NCCC3)cn1. The second kappa shape index (κ2) is 6.74. The van der Waals surface area contributed by atoms with Crippen molar-refractivity contribution in [1.82, 2.24) is 15.3 Å². The fraction of sp³-hybridized carbons (Fsp3) is 0.333. The molecule has 120 valence electrons. The molecule has 23 heavy (non-hydrogen) atoms. The van der Waals surface area contributed by atoms with Crippen molar-refractivity contribution in [3.63, 3.8) is 0 Å². The Morgan fingerprint density at radius 1 is 1.48 bits per heavy atom. The van der Waals surface area contributed by atoms with Gasteiger partial charge in [-0.3, -0.25) is 14.9 Å². The summed E-state index contributed by atoms with van der Waals surface area (Å²) in [5, 5.41) is 5.95. The number of nitrogens with zero attached hydrogens (tertiary/aromatic N) is 2. The summed E-state index contributed by atoms with van der Waals surface area (Å²) in [5.74, 6) is 0.0322. The van der Waals surface area contributed by atoms with E-state index in [2.05, 4.69) is 20.6 Å². The number of aromatic nitrogens is 2. The van der Waals surface area contributed by atoms with Gasteiger partial charge in [-0.05, 0) is 25.8 Å². The molecule has 2 N–H and O–H groups in total. The number of carbonyl (C=O) groups is 2. The van der Waals surface area contributed by atoms with E-state index >= 15 is 0 Å². The van der Waals surface area contributed by atoms with Crippen molar-refractivity contribution in [2.24, 2.45) is 0 Å². The molecule has 0 radical (unpaired) electrons. The van der Waals surface area contributed by atoms with Crippen LogP contribution in [0.15, 0.2) is 18.3 Å². The maximum absolute atomic E-state index is 12.2. The third kappa shape index (κ3) is 3.48. The van der Waals surface area contributed by atoms with Gasteiger partial charge in [-0.25, -0.2) is 9.97 Å². The predicted molar refractivity (Wildman–Crippen MR) is 86.1 cm³/mol. The van der Waals surface area contributed by atoms with Gasteiger partial charge >= 0.3 is 0 Å². The van der Waals surface area contributed by atoms with Crippen LogP contribution in [0.25, 0.3) is 0 Å². The Morgan fingerprint density at radius 3 is 3.09 bits per heavy atom. The first-order chi connectivity index (χ1) is 11.2. The number of hydrogen-bond donors (Lipinski definition) is 2. The van der Waals surface area contributed by atoms with Gasteiger partial charge in [0.15, 0.2) is 5.13 Å². The number of fused-ring (bicyclic) bond motifs is 1. The highest BCUT2D eigenvalue weighted by Gasteiger charge is 2.21. The van der Waals surface area contributed by atoms with E-state index in [1.165, 1.54) is 17.5 Å². The molecule has 2 aromatic heterocycles. The molecule has 0 spiro atoms. The molecule has 3 heterocycles. The van der Waals surface area contributed by atoms with Crippen LogP contribution in [0.1, 0.15) is 39.1 Å². The van der Waals surface area contributed by atoms with Crippen molar-refractivity contribution >= 4 is 28.3 Å². The van der Waals surface area contributed by atoms with E-state index in [4.69, 9.17) is 4.74 Å². The monoisotopic (exact) mass is 332 g/mol. The van der Waals surface area contributed by atoms with E-state index in [9.17, 15) is 9.59 Å². The Bertz CT molecular complexity index is 727. The number of pyridine rings is 1. The van der Waals surface area contributed by atoms with Gasteiger partial charge in [0, 0.05) is 18.8 Å². The van der Waals surface area contributed by atoms with Crippen LogP contribution in [-0.2, 0) is 6.42 Å². The second-order valence-electron chi connectivity index (χ2n) is 4.93. The maximum Gasteiger partial charge on any atom is 0.263 e. The predicted octanol–water partition coefficient (Wildman–Crippen LogP) is 1.87. The van der Waals surface area contributed by atoms with Crippen LogP contribution in [0.3, 0.4) is 0 Å². The second-order valence-corrected chi connectivity index (χ2v) is 5.93. The van der Waals surface area contributed by atoms with Crippen molar-refractivity contribution in [3.8, 4) is 5.88 Å². The van der Waals surface area contributed by atoms with E-state index in [0.29, 0.717) is 34.6 Å². The number of nitrogens with one attached hydrogen (secondary N) is 2. The first-order valence-corrected chi connectivity index (χ1v) is 8.17. The van der Waals surface area contributed by atoms with Gasteiger partial charge in [-0.1, -0.05) is 11.3 Å². The lowest BCUT2D eigenvalue weighted by Crippen LogP contribution is -2.21. The molecule has 8 heteroatoms. The summed E-state index contributed by atoms with van der Waals surface area (Å²) < 4.78 is 5.24. The summed E-state index contributed by atoms with van der Waals surface area (Å²) in [6, 6.07) is 3.28. The van der Waals surface area contributed by atoms with Crippen molar-refractivity contribution in [1.29, 1.82) is 0 Å². The normalized spacial score (nSPS) is 13.7. The maximum atomic E-state index is 12.2. The van der Waals surface area contributed by atoms with Crippen molar-refractivity contribution in [3.05, 3.63) is 34.5 Å². The largest absolute Gasteiger partial charge is 0.478 e. The molecule has 0 fully saturated rings. The Hall–Kier alpha value is -2.48. The van der Waals surface area contributed by atoms with Crippen LogP contribution in [0.5, 0.6) is 5.88 Å². The lowest BCUT2D eigenvalue weighted by atomic mass is 10.2. The minimum Gasteiger partial charge on any atom is -0.478 e. The molecule has 1 aliphatic rings. The van der Waals surface area contributed by atoms with Crippen molar-refractivity contribution in [2.75, 3.05) is 18.5 Å². The highest BCUT2D eigenvalue weighted by Crippen LogP contribution is 2.26. The van der Waals surface area contributed by atoms with E-state index in [0.717, 1.165) is 18.5 Å². The first kappa shape index (κ1) is 15.4. The summed E-state index contributed by atoms with van der Waals surface area (Å²) in [4.78, 5) is 33.1. The molecule has 2 amide bonds. The van der Waals surface area contributed by atoms with Crippen LogP contribution in [0, 0.1) is 0 Å². The Kier molecular flexibility index (Phi) is 4.52. The van der Waals surface area contributed by atoms with E-state index in [-0.39, 0.29) is 11.8 Å². The number of hydrogen-bond acceptors (Lipinski definition) is 6. The molecular weight excluding hydrogens is 316 g/mol. The molecule has 0 bridgehead atoms. The van der Waals surface area contributed by atoms with Gasteiger partial charge in [-0.15, -0.1) is 0 Å². The van der Waals surface area contributed by atoms with E-state index in [1.54, 1.807) is 12.1 Å². The van der Waals surface area contributed by atoms with Gasteiger partial charge in [0.25, 0.3) is 11.8 Å². The molecule has 0 aliphatic carbocycles. The third-order valence-corrected chi connectivity index (χ3v) is 4.30. The molecule has 0 saturated heterocycles. The Morgan fingerprint density at radius 2 is 2.35 bits per heavy atom. The van der Waals surface area contributed by atoms with Gasteiger partial charge in [0.2, 0.25) is 5.88 Å². The van der Waals surface area contributed by atoms with Crippen LogP contribution >= 0.6 is 11.3 Å². The summed E-state index contributed by atoms with van der Waals surface area (Å²) in [5.41, 5.74) is 1.15. The van der Waals surface area contributed by atoms with Gasteiger partial charge in [0.1, 0.15) is 4.88 Å². The van der Waals surface area contributed by atoms with Crippen molar-refractivity contribution < 1.29 is 14.3 Å². The third-order valence-electron chi connectivity index (χ3n) is 3.29. The number of rotatable bonds is 4. The van der Waals surface area contributed by atoms with E-state index in [1.807, 2.05) is 6.92 Å². The number of aryl methyl sites for hydroxylation is 1. The van der Waals surface area contributed by atoms with Crippen LogP contribution in [0.4, 0.5) is 5.13 Å². The Labute approximate surface area is 137 Å². The van der Waals surface area contributed by atoms with Crippen molar-refractivity contribution in [2.45, 2.75) is 19.8 Å². The first-order valence-electron chi connectivity index (χ1n) is 7.35.